The summed E-state index contributed by atoms with van der Waals surface area (Å²) in [5, 5.41) is 3.49. The summed E-state index contributed by atoms with van der Waals surface area (Å²) in [7, 11) is 0. The van der Waals surface area contributed by atoms with Crippen LogP contribution >= 0.6 is 34.4 Å². The fourth-order valence-corrected chi connectivity index (χ4v) is 3.88. The number of rotatable bonds is 6. The van der Waals surface area contributed by atoms with Crippen molar-refractivity contribution in [3.05, 3.63) is 94.6 Å². The predicted molar refractivity (Wildman–Crippen MR) is 131 cm³/mol. The Kier molecular flexibility index (Phi) is 6.76. The molecule has 0 spiro atoms. The average molecular weight is 523 g/mol. The Morgan fingerprint density at radius 1 is 0.800 bits per heavy atom. The molecule has 148 valence electrons. The molecule has 4 aromatic rings. The molecule has 4 rings (SSSR count). The van der Waals surface area contributed by atoms with Crippen molar-refractivity contribution in [2.45, 2.75) is 5.16 Å². The summed E-state index contributed by atoms with van der Waals surface area (Å²) in [5.41, 5.74) is 4.49. The van der Waals surface area contributed by atoms with E-state index >= 15 is 0 Å². The molecule has 0 atom stereocenters. The lowest BCUT2D eigenvalue weighted by Crippen LogP contribution is -2.14. The average Bonchev–Trinajstić information content (AvgIpc) is 2.80. The molecule has 1 amide bonds. The first-order chi connectivity index (χ1) is 14.7. The summed E-state index contributed by atoms with van der Waals surface area (Å²) >= 11 is 3.57. The van der Waals surface area contributed by atoms with Crippen LogP contribution in [0.3, 0.4) is 0 Å². The van der Waals surface area contributed by atoms with Crippen molar-refractivity contribution in [3.8, 4) is 22.5 Å². The SMILES string of the molecule is O=C(CSc1nc(-c2ccccc2)cc(-c2ccccc2)n1)Nc1ccc(I)cc1. The van der Waals surface area contributed by atoms with Gasteiger partial charge in [0.1, 0.15) is 0 Å². The molecule has 0 aliphatic heterocycles. The van der Waals surface area contributed by atoms with Gasteiger partial charge in [0.15, 0.2) is 5.16 Å². The second-order valence-electron chi connectivity index (χ2n) is 6.50. The quantitative estimate of drug-likeness (QED) is 0.187. The Hall–Kier alpha value is -2.71. The van der Waals surface area contributed by atoms with Crippen LogP contribution in [0.5, 0.6) is 0 Å². The first-order valence-electron chi connectivity index (χ1n) is 9.35. The van der Waals surface area contributed by atoms with Gasteiger partial charge in [-0.3, -0.25) is 4.79 Å². The third kappa shape index (κ3) is 5.46. The van der Waals surface area contributed by atoms with Gasteiger partial charge < -0.3 is 5.32 Å². The fraction of sp³-hybridized carbons (Fsp3) is 0.0417. The van der Waals surface area contributed by atoms with Crippen molar-refractivity contribution in [1.82, 2.24) is 9.97 Å². The van der Waals surface area contributed by atoms with E-state index in [2.05, 4.69) is 27.9 Å². The highest BCUT2D eigenvalue weighted by atomic mass is 127. The maximum atomic E-state index is 12.4. The molecule has 0 saturated carbocycles. The molecule has 0 aliphatic carbocycles. The zero-order valence-electron chi connectivity index (χ0n) is 16.0. The fourth-order valence-electron chi connectivity index (χ4n) is 2.86. The van der Waals surface area contributed by atoms with Gasteiger partial charge in [-0.2, -0.15) is 0 Å². The van der Waals surface area contributed by atoms with Crippen molar-refractivity contribution >= 4 is 45.9 Å². The Labute approximate surface area is 193 Å². The number of hydrogen-bond acceptors (Lipinski definition) is 4. The highest BCUT2D eigenvalue weighted by molar-refractivity contribution is 14.1. The minimum Gasteiger partial charge on any atom is -0.325 e. The third-order valence-electron chi connectivity index (χ3n) is 4.31. The number of carbonyl (C=O) groups is 1. The summed E-state index contributed by atoms with van der Waals surface area (Å²) < 4.78 is 1.12. The van der Waals surface area contributed by atoms with E-state index in [1.54, 1.807) is 0 Å². The Bertz CT molecular complexity index is 1080. The van der Waals surface area contributed by atoms with E-state index in [-0.39, 0.29) is 11.7 Å². The molecule has 0 unspecified atom stereocenters. The third-order valence-corrected chi connectivity index (χ3v) is 5.87. The van der Waals surface area contributed by atoms with Gasteiger partial charge in [0.2, 0.25) is 5.91 Å². The molecule has 0 aliphatic rings. The van der Waals surface area contributed by atoms with Crippen LogP contribution in [0, 0.1) is 3.57 Å². The van der Waals surface area contributed by atoms with Gasteiger partial charge in [0.05, 0.1) is 17.1 Å². The van der Waals surface area contributed by atoms with E-state index in [1.807, 2.05) is 91.0 Å². The summed E-state index contributed by atoms with van der Waals surface area (Å²) in [6, 6.07) is 29.7. The molecule has 6 heteroatoms. The van der Waals surface area contributed by atoms with Crippen molar-refractivity contribution in [2.24, 2.45) is 0 Å². The van der Waals surface area contributed by atoms with Crippen LogP contribution in [0.4, 0.5) is 5.69 Å². The van der Waals surface area contributed by atoms with Crippen LogP contribution in [0.2, 0.25) is 0 Å². The smallest absolute Gasteiger partial charge is 0.234 e. The summed E-state index contributed by atoms with van der Waals surface area (Å²) in [4.78, 5) is 21.8. The molecule has 0 bridgehead atoms. The maximum absolute atomic E-state index is 12.4. The van der Waals surface area contributed by atoms with E-state index < -0.39 is 0 Å². The molecule has 1 heterocycles. The van der Waals surface area contributed by atoms with Crippen LogP contribution in [0.1, 0.15) is 0 Å². The van der Waals surface area contributed by atoms with Gasteiger partial charge >= 0.3 is 0 Å². The number of nitrogens with zero attached hydrogens (tertiary/aromatic N) is 2. The molecule has 0 saturated heterocycles. The van der Waals surface area contributed by atoms with Crippen molar-refractivity contribution in [1.29, 1.82) is 0 Å². The number of anilines is 1. The Morgan fingerprint density at radius 3 is 1.87 bits per heavy atom. The molecule has 0 fully saturated rings. The number of benzene rings is 3. The highest BCUT2D eigenvalue weighted by Gasteiger charge is 2.11. The topological polar surface area (TPSA) is 54.9 Å². The van der Waals surface area contributed by atoms with E-state index in [1.165, 1.54) is 11.8 Å². The molecule has 30 heavy (non-hydrogen) atoms. The number of hydrogen-bond donors (Lipinski definition) is 1. The number of carbonyl (C=O) groups excluding carboxylic acids is 1. The summed E-state index contributed by atoms with van der Waals surface area (Å²) in [5.74, 6) is 0.148. The second kappa shape index (κ2) is 9.86. The largest absolute Gasteiger partial charge is 0.325 e. The first-order valence-corrected chi connectivity index (χ1v) is 11.4. The monoisotopic (exact) mass is 523 g/mol. The molecular weight excluding hydrogens is 505 g/mol. The van der Waals surface area contributed by atoms with Crippen molar-refractivity contribution in [3.63, 3.8) is 0 Å². The number of aromatic nitrogens is 2. The van der Waals surface area contributed by atoms with E-state index in [0.717, 1.165) is 31.8 Å². The summed E-state index contributed by atoms with van der Waals surface area (Å²) in [6.45, 7) is 0. The van der Waals surface area contributed by atoms with Crippen molar-refractivity contribution < 1.29 is 4.79 Å². The van der Waals surface area contributed by atoms with Gasteiger partial charge in [-0.15, -0.1) is 0 Å². The zero-order chi connectivity index (χ0) is 20.8. The van der Waals surface area contributed by atoms with Gasteiger partial charge in [-0.05, 0) is 52.9 Å². The minimum absolute atomic E-state index is 0.0869. The van der Waals surface area contributed by atoms with Crippen molar-refractivity contribution in [2.75, 3.05) is 11.1 Å². The number of thioether (sulfide) groups is 1. The highest BCUT2D eigenvalue weighted by Crippen LogP contribution is 2.27. The number of amides is 1. The Balaban J connectivity index is 1.56. The van der Waals surface area contributed by atoms with Gasteiger partial charge in [-0.1, -0.05) is 72.4 Å². The minimum atomic E-state index is -0.0869. The molecule has 3 aromatic carbocycles. The second-order valence-corrected chi connectivity index (χ2v) is 8.68. The lowest BCUT2D eigenvalue weighted by molar-refractivity contribution is -0.113. The van der Waals surface area contributed by atoms with Gasteiger partial charge in [0.25, 0.3) is 0 Å². The number of nitrogens with one attached hydrogen (secondary N) is 1. The zero-order valence-corrected chi connectivity index (χ0v) is 18.9. The lowest BCUT2D eigenvalue weighted by Gasteiger charge is -2.09. The van der Waals surface area contributed by atoms with E-state index in [9.17, 15) is 4.79 Å². The van der Waals surface area contributed by atoms with Gasteiger partial charge in [0, 0.05) is 20.4 Å². The Morgan fingerprint density at radius 2 is 1.33 bits per heavy atom. The lowest BCUT2D eigenvalue weighted by atomic mass is 10.1. The number of halogens is 1. The molecule has 0 radical (unpaired) electrons. The predicted octanol–water partition coefficient (Wildman–Crippen LogP) is 6.15. The normalized spacial score (nSPS) is 10.6. The van der Waals surface area contributed by atoms with Gasteiger partial charge in [-0.25, -0.2) is 9.97 Å². The standard InChI is InChI=1S/C24H18IN3OS/c25-19-11-13-20(14-12-19)26-23(29)16-30-24-27-21(17-7-3-1-4-8-17)15-22(28-24)18-9-5-2-6-10-18/h1-15H,16H2,(H,26,29). The van der Waals surface area contributed by atoms with Crippen LogP contribution in [0.25, 0.3) is 22.5 Å². The van der Waals surface area contributed by atoms with Crippen LogP contribution < -0.4 is 5.32 Å². The van der Waals surface area contributed by atoms with Crippen LogP contribution in [0.15, 0.2) is 96.2 Å². The molecule has 1 aromatic heterocycles. The van der Waals surface area contributed by atoms with Crippen LogP contribution in [-0.4, -0.2) is 21.6 Å². The van der Waals surface area contributed by atoms with E-state index in [4.69, 9.17) is 9.97 Å². The van der Waals surface area contributed by atoms with E-state index in [0.29, 0.717) is 5.16 Å². The summed E-state index contributed by atoms with van der Waals surface area (Å²) in [6.07, 6.45) is 0. The maximum Gasteiger partial charge on any atom is 0.234 e. The first kappa shape index (κ1) is 20.6. The molecule has 4 nitrogen and oxygen atoms in total. The van der Waals surface area contributed by atoms with Crippen LogP contribution in [-0.2, 0) is 4.79 Å². The molecule has 1 N–H and O–H groups in total. The molecular formula is C24H18IN3OS.